The summed E-state index contributed by atoms with van der Waals surface area (Å²) >= 11 is 0. The molecule has 0 rings (SSSR count). The molecule has 1 heteroatoms. The molecule has 88 valence electrons. The monoisotopic (exact) mass is 210 g/mol. The third kappa shape index (κ3) is 9.71. The molecule has 0 aromatic heterocycles. The first-order valence-corrected chi connectivity index (χ1v) is 6.23. The second-order valence-electron chi connectivity index (χ2n) is 4.80. The molecule has 2 atom stereocenters. The molecule has 0 N–H and O–H groups in total. The Morgan fingerprint density at radius 2 is 1.80 bits per heavy atom. The Hall–Kier alpha value is -0.590. The van der Waals surface area contributed by atoms with Crippen molar-refractivity contribution in [1.29, 1.82) is 0 Å². The van der Waals surface area contributed by atoms with E-state index in [2.05, 4.69) is 20.8 Å². The van der Waals surface area contributed by atoms with E-state index in [0.29, 0.717) is 5.92 Å². The maximum atomic E-state index is 10.7. The molecule has 0 saturated carbocycles. The van der Waals surface area contributed by atoms with Gasteiger partial charge in [0.1, 0.15) is 0 Å². The Labute approximate surface area is 95.0 Å². The van der Waals surface area contributed by atoms with Gasteiger partial charge in [0.15, 0.2) is 5.78 Å². The van der Waals surface area contributed by atoms with Crippen molar-refractivity contribution < 1.29 is 4.79 Å². The minimum atomic E-state index is 0.154. The maximum absolute atomic E-state index is 10.7. The van der Waals surface area contributed by atoms with Gasteiger partial charge in [-0.3, -0.25) is 4.79 Å². The van der Waals surface area contributed by atoms with Gasteiger partial charge in [0.05, 0.1) is 0 Å². The summed E-state index contributed by atoms with van der Waals surface area (Å²) in [5, 5.41) is 0. The second kappa shape index (κ2) is 8.70. The maximum Gasteiger partial charge on any atom is 0.152 e. The molecule has 0 fully saturated rings. The van der Waals surface area contributed by atoms with E-state index in [1.54, 1.807) is 13.0 Å². The minimum absolute atomic E-state index is 0.154. The molecule has 0 aliphatic carbocycles. The van der Waals surface area contributed by atoms with Crippen molar-refractivity contribution in [3.05, 3.63) is 12.2 Å². The van der Waals surface area contributed by atoms with Crippen molar-refractivity contribution >= 4 is 5.78 Å². The van der Waals surface area contributed by atoms with Gasteiger partial charge < -0.3 is 0 Å². The first-order chi connectivity index (χ1) is 7.06. The number of hydrogen-bond donors (Lipinski definition) is 0. The van der Waals surface area contributed by atoms with E-state index in [-0.39, 0.29) is 5.78 Å². The van der Waals surface area contributed by atoms with Crippen LogP contribution >= 0.6 is 0 Å². The van der Waals surface area contributed by atoms with Crippen LogP contribution in [0.1, 0.15) is 59.8 Å². The van der Waals surface area contributed by atoms with Gasteiger partial charge in [-0.05, 0) is 31.3 Å². The summed E-state index contributed by atoms with van der Waals surface area (Å²) in [5.41, 5.74) is 0. The number of carbonyl (C=O) groups is 1. The summed E-state index contributed by atoms with van der Waals surface area (Å²) < 4.78 is 0. The molecule has 15 heavy (non-hydrogen) atoms. The molecule has 0 bridgehead atoms. The zero-order valence-corrected chi connectivity index (χ0v) is 10.8. The first kappa shape index (κ1) is 14.4. The summed E-state index contributed by atoms with van der Waals surface area (Å²) in [5.74, 6) is 1.73. The quantitative estimate of drug-likeness (QED) is 0.543. The molecule has 0 aromatic carbocycles. The molecule has 0 aromatic rings. The number of hydrogen-bond acceptors (Lipinski definition) is 1. The van der Waals surface area contributed by atoms with Gasteiger partial charge in [0.25, 0.3) is 0 Å². The molecular formula is C14H26O. The fourth-order valence-corrected chi connectivity index (χ4v) is 1.60. The van der Waals surface area contributed by atoms with Gasteiger partial charge in [-0.25, -0.2) is 0 Å². The third-order valence-corrected chi connectivity index (χ3v) is 2.98. The van der Waals surface area contributed by atoms with E-state index in [9.17, 15) is 4.79 Å². The van der Waals surface area contributed by atoms with Crippen LogP contribution in [-0.4, -0.2) is 5.78 Å². The van der Waals surface area contributed by atoms with E-state index in [1.165, 1.54) is 25.7 Å². The molecule has 1 nitrogen and oxygen atoms in total. The SMILES string of the molecule is CCC(C)CCCC(C)C/C=C/C(C)=O. The smallest absolute Gasteiger partial charge is 0.152 e. The van der Waals surface area contributed by atoms with E-state index in [4.69, 9.17) is 0 Å². The van der Waals surface area contributed by atoms with Crippen LogP contribution in [0, 0.1) is 11.8 Å². The average Bonchev–Trinajstić information content (AvgIpc) is 2.17. The summed E-state index contributed by atoms with van der Waals surface area (Å²) in [6, 6.07) is 0. The molecular weight excluding hydrogens is 184 g/mol. The first-order valence-electron chi connectivity index (χ1n) is 6.23. The Morgan fingerprint density at radius 1 is 1.20 bits per heavy atom. The Kier molecular flexibility index (Phi) is 8.35. The Bertz CT molecular complexity index is 194. The largest absolute Gasteiger partial charge is 0.295 e. The van der Waals surface area contributed by atoms with Crippen LogP contribution in [-0.2, 0) is 4.79 Å². The van der Waals surface area contributed by atoms with E-state index < -0.39 is 0 Å². The summed E-state index contributed by atoms with van der Waals surface area (Å²) in [6.07, 6.45) is 9.98. The van der Waals surface area contributed by atoms with Crippen LogP contribution in [0.3, 0.4) is 0 Å². The van der Waals surface area contributed by atoms with Crippen LogP contribution < -0.4 is 0 Å². The number of ketones is 1. The van der Waals surface area contributed by atoms with Gasteiger partial charge in [-0.1, -0.05) is 52.5 Å². The highest BCUT2D eigenvalue weighted by molar-refractivity contribution is 5.87. The van der Waals surface area contributed by atoms with E-state index >= 15 is 0 Å². The second-order valence-corrected chi connectivity index (χ2v) is 4.80. The highest BCUT2D eigenvalue weighted by Crippen LogP contribution is 2.17. The van der Waals surface area contributed by atoms with Crippen molar-refractivity contribution in [2.75, 3.05) is 0 Å². The molecule has 0 radical (unpaired) electrons. The molecule has 0 saturated heterocycles. The van der Waals surface area contributed by atoms with Gasteiger partial charge in [0.2, 0.25) is 0 Å². The van der Waals surface area contributed by atoms with Crippen molar-refractivity contribution in [2.24, 2.45) is 11.8 Å². The van der Waals surface area contributed by atoms with Gasteiger partial charge in [-0.2, -0.15) is 0 Å². The lowest BCUT2D eigenvalue weighted by Crippen LogP contribution is -1.97. The molecule has 0 spiro atoms. The van der Waals surface area contributed by atoms with E-state index in [1.807, 2.05) is 6.08 Å². The van der Waals surface area contributed by atoms with Crippen molar-refractivity contribution in [1.82, 2.24) is 0 Å². The summed E-state index contributed by atoms with van der Waals surface area (Å²) in [4.78, 5) is 10.7. The topological polar surface area (TPSA) is 17.1 Å². The normalized spacial score (nSPS) is 15.5. The molecule has 0 amide bonds. The zero-order chi connectivity index (χ0) is 11.7. The fourth-order valence-electron chi connectivity index (χ4n) is 1.60. The van der Waals surface area contributed by atoms with Gasteiger partial charge in [0, 0.05) is 0 Å². The lowest BCUT2D eigenvalue weighted by molar-refractivity contribution is -0.112. The highest BCUT2D eigenvalue weighted by Gasteiger charge is 2.02. The lowest BCUT2D eigenvalue weighted by Gasteiger charge is -2.11. The lowest BCUT2D eigenvalue weighted by atomic mass is 9.95. The molecule has 2 unspecified atom stereocenters. The average molecular weight is 210 g/mol. The van der Waals surface area contributed by atoms with Crippen LogP contribution in [0.15, 0.2) is 12.2 Å². The Morgan fingerprint density at radius 3 is 2.33 bits per heavy atom. The minimum Gasteiger partial charge on any atom is -0.295 e. The zero-order valence-electron chi connectivity index (χ0n) is 10.8. The van der Waals surface area contributed by atoms with Crippen LogP contribution in [0.4, 0.5) is 0 Å². The van der Waals surface area contributed by atoms with Crippen molar-refractivity contribution in [2.45, 2.75) is 59.8 Å². The predicted octanol–water partition coefficient (Wildman–Crippen LogP) is 4.37. The number of allylic oxidation sites excluding steroid dienone is 2. The van der Waals surface area contributed by atoms with Gasteiger partial charge in [-0.15, -0.1) is 0 Å². The van der Waals surface area contributed by atoms with Crippen LogP contribution in [0.5, 0.6) is 0 Å². The third-order valence-electron chi connectivity index (χ3n) is 2.98. The molecule has 0 aliphatic rings. The van der Waals surface area contributed by atoms with Crippen molar-refractivity contribution in [3.8, 4) is 0 Å². The standard InChI is InChI=1S/C14H26O/c1-5-12(2)8-6-9-13(3)10-7-11-14(4)15/h7,11-13H,5-6,8-10H2,1-4H3/b11-7+. The molecule has 0 heterocycles. The summed E-state index contributed by atoms with van der Waals surface area (Å²) in [6.45, 7) is 8.44. The van der Waals surface area contributed by atoms with Crippen LogP contribution in [0.25, 0.3) is 0 Å². The van der Waals surface area contributed by atoms with Crippen molar-refractivity contribution in [3.63, 3.8) is 0 Å². The van der Waals surface area contributed by atoms with E-state index in [0.717, 1.165) is 12.3 Å². The van der Waals surface area contributed by atoms with Gasteiger partial charge >= 0.3 is 0 Å². The fraction of sp³-hybridized carbons (Fsp3) is 0.786. The molecule has 0 aliphatic heterocycles. The van der Waals surface area contributed by atoms with Crippen LogP contribution in [0.2, 0.25) is 0 Å². The highest BCUT2D eigenvalue weighted by atomic mass is 16.1. The predicted molar refractivity (Wildman–Crippen MR) is 66.9 cm³/mol. The number of rotatable bonds is 8. The summed E-state index contributed by atoms with van der Waals surface area (Å²) in [7, 11) is 0. The number of carbonyl (C=O) groups excluding carboxylic acids is 1. The Balaban J connectivity index is 3.49.